The largest absolute Gasteiger partial charge is 0.369 e. The van der Waals surface area contributed by atoms with Crippen LogP contribution in [-0.4, -0.2) is 60.1 Å². The number of aromatic nitrogens is 2. The number of amides is 2. The van der Waals surface area contributed by atoms with Gasteiger partial charge >= 0.3 is 0 Å². The minimum Gasteiger partial charge on any atom is -0.369 e. The van der Waals surface area contributed by atoms with E-state index in [0.717, 1.165) is 58.1 Å². The summed E-state index contributed by atoms with van der Waals surface area (Å²) in [4.78, 5) is 31.7. The van der Waals surface area contributed by atoms with Crippen molar-refractivity contribution in [2.24, 2.45) is 0 Å². The maximum absolute atomic E-state index is 12.9. The predicted molar refractivity (Wildman–Crippen MR) is 145 cm³/mol. The number of carbonyl (C=O) groups excluding carboxylic acids is 2. The van der Waals surface area contributed by atoms with E-state index in [0.29, 0.717) is 17.9 Å². The maximum Gasteiger partial charge on any atom is 0.256 e. The van der Waals surface area contributed by atoms with Crippen molar-refractivity contribution in [2.75, 3.05) is 43.4 Å². The van der Waals surface area contributed by atoms with Crippen molar-refractivity contribution in [1.82, 2.24) is 20.4 Å². The third-order valence-corrected chi connectivity index (χ3v) is 7.64. The number of nitrogens with zero attached hydrogens (tertiary/aromatic N) is 3. The van der Waals surface area contributed by atoms with Crippen molar-refractivity contribution in [1.29, 1.82) is 0 Å². The number of likely N-dealkylation sites (N-methyl/N-ethyl adjacent to an activating group) is 1. The number of hydrogen-bond donors (Lipinski definition) is 3. The maximum atomic E-state index is 12.9. The van der Waals surface area contributed by atoms with Gasteiger partial charge in [-0.1, -0.05) is 24.3 Å². The van der Waals surface area contributed by atoms with E-state index in [1.165, 1.54) is 11.3 Å². The lowest BCUT2D eigenvalue weighted by Gasteiger charge is -2.34. The Hall–Kier alpha value is -3.69. The standard InChI is InChI=1S/C27H30N6O2S/c1-18-5-3-4-6-20(18)17-28-24(34)16-22-15-23-25(30-31-27(23)36-22)29-26(35)19-7-9-21(10-8-19)33-13-11-32(2)12-14-33/h3-10,15H,11-14,16-17H2,1-2H3,(H,28,34)(H2,29,30,31,35). The summed E-state index contributed by atoms with van der Waals surface area (Å²) < 4.78 is 0. The average molecular weight is 503 g/mol. The van der Waals surface area contributed by atoms with Gasteiger partial charge in [-0.05, 0) is 55.4 Å². The Balaban J connectivity index is 1.19. The zero-order valence-electron chi connectivity index (χ0n) is 20.5. The van der Waals surface area contributed by atoms with E-state index in [1.807, 2.05) is 61.5 Å². The van der Waals surface area contributed by atoms with Crippen molar-refractivity contribution >= 4 is 44.9 Å². The second kappa shape index (κ2) is 10.5. The number of rotatable bonds is 7. The van der Waals surface area contributed by atoms with Crippen LogP contribution in [0.25, 0.3) is 10.2 Å². The third kappa shape index (κ3) is 5.42. The molecule has 3 N–H and O–H groups in total. The van der Waals surface area contributed by atoms with Crippen LogP contribution >= 0.6 is 11.3 Å². The molecule has 1 saturated heterocycles. The molecular weight excluding hydrogens is 472 g/mol. The first-order valence-electron chi connectivity index (χ1n) is 12.1. The van der Waals surface area contributed by atoms with E-state index < -0.39 is 0 Å². The molecule has 2 aromatic heterocycles. The molecule has 0 bridgehead atoms. The summed E-state index contributed by atoms with van der Waals surface area (Å²) in [7, 11) is 2.13. The molecule has 186 valence electrons. The number of benzene rings is 2. The van der Waals surface area contributed by atoms with Gasteiger partial charge in [0.25, 0.3) is 5.91 Å². The topological polar surface area (TPSA) is 93.4 Å². The van der Waals surface area contributed by atoms with Crippen LogP contribution in [0.2, 0.25) is 0 Å². The third-order valence-electron chi connectivity index (χ3n) is 6.61. The molecule has 0 unspecified atom stereocenters. The van der Waals surface area contributed by atoms with Crippen molar-refractivity contribution in [3.63, 3.8) is 0 Å². The number of aryl methyl sites for hydroxylation is 1. The lowest BCUT2D eigenvalue weighted by atomic mass is 10.1. The van der Waals surface area contributed by atoms with Gasteiger partial charge in [-0.2, -0.15) is 5.10 Å². The molecular formula is C27H30N6O2S. The predicted octanol–water partition coefficient (Wildman–Crippen LogP) is 3.80. The summed E-state index contributed by atoms with van der Waals surface area (Å²) in [5.41, 5.74) is 3.98. The van der Waals surface area contributed by atoms with E-state index >= 15 is 0 Å². The van der Waals surface area contributed by atoms with Crippen molar-refractivity contribution < 1.29 is 9.59 Å². The molecule has 1 aliphatic heterocycles. The molecule has 8 nitrogen and oxygen atoms in total. The average Bonchev–Trinajstić information content (AvgIpc) is 3.45. The molecule has 0 radical (unpaired) electrons. The van der Waals surface area contributed by atoms with E-state index in [9.17, 15) is 9.59 Å². The Kier molecular flexibility index (Phi) is 7.02. The minimum absolute atomic E-state index is 0.0443. The number of thiophene rings is 1. The molecule has 1 fully saturated rings. The normalized spacial score (nSPS) is 14.2. The van der Waals surface area contributed by atoms with Crippen LogP contribution in [0.3, 0.4) is 0 Å². The summed E-state index contributed by atoms with van der Waals surface area (Å²) in [6.07, 6.45) is 0.272. The highest BCUT2D eigenvalue weighted by molar-refractivity contribution is 7.18. The smallest absolute Gasteiger partial charge is 0.256 e. The molecule has 4 aromatic rings. The fraction of sp³-hybridized carbons (Fsp3) is 0.296. The van der Waals surface area contributed by atoms with Gasteiger partial charge in [0.05, 0.1) is 11.8 Å². The fourth-order valence-corrected chi connectivity index (χ4v) is 5.33. The first-order valence-corrected chi connectivity index (χ1v) is 12.9. The van der Waals surface area contributed by atoms with Crippen LogP contribution in [-0.2, 0) is 17.8 Å². The highest BCUT2D eigenvalue weighted by atomic mass is 32.1. The number of fused-ring (bicyclic) bond motifs is 1. The van der Waals surface area contributed by atoms with Crippen molar-refractivity contribution in [3.8, 4) is 0 Å². The van der Waals surface area contributed by atoms with Crippen LogP contribution in [0.5, 0.6) is 0 Å². The molecule has 3 heterocycles. The molecule has 36 heavy (non-hydrogen) atoms. The van der Waals surface area contributed by atoms with E-state index in [2.05, 4.69) is 37.7 Å². The quantitative estimate of drug-likeness (QED) is 0.358. The van der Waals surface area contributed by atoms with Crippen molar-refractivity contribution in [2.45, 2.75) is 19.9 Å². The Bertz CT molecular complexity index is 1370. The number of hydrogen-bond acceptors (Lipinski definition) is 6. The van der Waals surface area contributed by atoms with E-state index in [4.69, 9.17) is 0 Å². The van der Waals surface area contributed by atoms with Crippen LogP contribution in [0.1, 0.15) is 26.4 Å². The van der Waals surface area contributed by atoms with Gasteiger partial charge in [0, 0.05) is 48.9 Å². The van der Waals surface area contributed by atoms with Gasteiger partial charge in [-0.25, -0.2) is 0 Å². The molecule has 1 aliphatic rings. The Morgan fingerprint density at radius 1 is 1.06 bits per heavy atom. The molecule has 5 rings (SSSR count). The zero-order valence-corrected chi connectivity index (χ0v) is 21.3. The highest BCUT2D eigenvalue weighted by Crippen LogP contribution is 2.30. The Morgan fingerprint density at radius 2 is 1.81 bits per heavy atom. The van der Waals surface area contributed by atoms with Gasteiger partial charge in [0.1, 0.15) is 10.6 Å². The fourth-order valence-electron chi connectivity index (χ4n) is 4.34. The van der Waals surface area contributed by atoms with E-state index in [1.54, 1.807) is 0 Å². The van der Waals surface area contributed by atoms with Crippen molar-refractivity contribution in [3.05, 3.63) is 76.2 Å². The zero-order chi connectivity index (χ0) is 25.1. The molecule has 2 amide bonds. The van der Waals surface area contributed by atoms with Crippen LogP contribution in [0.15, 0.2) is 54.6 Å². The summed E-state index contributed by atoms with van der Waals surface area (Å²) in [6, 6.07) is 17.6. The second-order valence-corrected chi connectivity index (χ2v) is 10.3. The van der Waals surface area contributed by atoms with Gasteiger partial charge < -0.3 is 20.4 Å². The van der Waals surface area contributed by atoms with Crippen LogP contribution in [0, 0.1) is 6.92 Å². The summed E-state index contributed by atoms with van der Waals surface area (Å²) >= 11 is 1.45. The number of carbonyl (C=O) groups is 2. The number of aromatic amines is 1. The number of H-pyrrole nitrogens is 1. The Morgan fingerprint density at radius 3 is 2.56 bits per heavy atom. The first kappa shape index (κ1) is 24.0. The molecule has 0 spiro atoms. The van der Waals surface area contributed by atoms with Gasteiger partial charge in [-0.15, -0.1) is 11.3 Å². The summed E-state index contributed by atoms with van der Waals surface area (Å²) in [5.74, 6) is 0.298. The van der Waals surface area contributed by atoms with Crippen LogP contribution in [0.4, 0.5) is 11.5 Å². The highest BCUT2D eigenvalue weighted by Gasteiger charge is 2.17. The Labute approximate surface area is 214 Å². The minimum atomic E-state index is -0.200. The molecule has 2 aromatic carbocycles. The number of anilines is 2. The molecule has 9 heteroatoms. The summed E-state index contributed by atoms with van der Waals surface area (Å²) in [5, 5.41) is 14.0. The van der Waals surface area contributed by atoms with Gasteiger partial charge in [0.2, 0.25) is 5.91 Å². The molecule has 0 aliphatic carbocycles. The monoisotopic (exact) mass is 502 g/mol. The SMILES string of the molecule is Cc1ccccc1CNC(=O)Cc1cc2c(NC(=O)c3ccc(N4CCN(C)CC4)cc3)[nH]nc2s1. The lowest BCUT2D eigenvalue weighted by molar-refractivity contribution is -0.120. The first-order chi connectivity index (χ1) is 17.5. The number of nitrogens with one attached hydrogen (secondary N) is 3. The summed E-state index contributed by atoms with van der Waals surface area (Å²) in [6.45, 7) is 6.58. The van der Waals surface area contributed by atoms with E-state index in [-0.39, 0.29) is 18.2 Å². The van der Waals surface area contributed by atoms with Gasteiger partial charge in [0.15, 0.2) is 0 Å². The number of piperazine rings is 1. The molecule has 0 atom stereocenters. The van der Waals surface area contributed by atoms with Crippen LogP contribution < -0.4 is 15.5 Å². The second-order valence-electron chi connectivity index (χ2n) is 9.20. The van der Waals surface area contributed by atoms with Gasteiger partial charge in [-0.3, -0.25) is 14.7 Å². The molecule has 0 saturated carbocycles. The lowest BCUT2D eigenvalue weighted by Crippen LogP contribution is -2.44.